The fourth-order valence-corrected chi connectivity index (χ4v) is 5.81. The number of hydrogen-bond acceptors (Lipinski definition) is 6. The molecule has 0 atom stereocenters. The summed E-state index contributed by atoms with van der Waals surface area (Å²) in [7, 11) is -0.613. The molecule has 0 aliphatic rings. The van der Waals surface area contributed by atoms with Gasteiger partial charge in [0.25, 0.3) is 5.91 Å². The molecule has 0 aliphatic heterocycles. The Morgan fingerprint density at radius 3 is 2.24 bits per heavy atom. The SMILES string of the molecule is CCN(CC)CCN(C(=O)c1ccc(S(=O)(=O)N(C)C)cc1)c1nc2c(C)cc(Cl)cc2s1.Cl. The molecule has 7 nitrogen and oxygen atoms in total. The average Bonchev–Trinajstić information content (AvgIpc) is 3.20. The van der Waals surface area contributed by atoms with Crippen molar-refractivity contribution in [1.82, 2.24) is 14.2 Å². The Bertz CT molecular complexity index is 1240. The van der Waals surface area contributed by atoms with Crippen molar-refractivity contribution in [1.29, 1.82) is 0 Å². The third-order valence-corrected chi connectivity index (χ3v) is 8.60. The third kappa shape index (κ3) is 6.08. The van der Waals surface area contributed by atoms with Gasteiger partial charge in [-0.1, -0.05) is 36.8 Å². The van der Waals surface area contributed by atoms with Crippen molar-refractivity contribution >= 4 is 66.6 Å². The molecule has 186 valence electrons. The van der Waals surface area contributed by atoms with Crippen LogP contribution >= 0.6 is 35.3 Å². The van der Waals surface area contributed by atoms with Crippen LogP contribution in [0.15, 0.2) is 41.3 Å². The zero-order valence-electron chi connectivity index (χ0n) is 19.9. The van der Waals surface area contributed by atoms with Gasteiger partial charge in [0.1, 0.15) is 0 Å². The van der Waals surface area contributed by atoms with E-state index in [1.54, 1.807) is 17.0 Å². The minimum absolute atomic E-state index is 0. The van der Waals surface area contributed by atoms with Gasteiger partial charge in [-0.3, -0.25) is 9.69 Å². The number of aryl methyl sites for hydroxylation is 1. The fraction of sp³-hybridized carbons (Fsp3) is 0.391. The minimum Gasteiger partial charge on any atom is -0.302 e. The predicted octanol–water partition coefficient (Wildman–Crippen LogP) is 4.92. The summed E-state index contributed by atoms with van der Waals surface area (Å²) in [6, 6.07) is 9.76. The molecule has 0 spiro atoms. The van der Waals surface area contributed by atoms with Gasteiger partial charge >= 0.3 is 0 Å². The van der Waals surface area contributed by atoms with Crippen molar-refractivity contribution in [3.05, 3.63) is 52.5 Å². The monoisotopic (exact) mass is 544 g/mol. The summed E-state index contributed by atoms with van der Waals surface area (Å²) < 4.78 is 26.8. The van der Waals surface area contributed by atoms with E-state index in [0.717, 1.165) is 33.2 Å². The van der Waals surface area contributed by atoms with Crippen molar-refractivity contribution in [3.8, 4) is 0 Å². The van der Waals surface area contributed by atoms with Gasteiger partial charge in [-0.05, 0) is 62.0 Å². The van der Waals surface area contributed by atoms with E-state index in [1.165, 1.54) is 37.6 Å². The zero-order valence-corrected chi connectivity index (χ0v) is 23.1. The molecule has 0 fully saturated rings. The first-order valence-corrected chi connectivity index (χ1v) is 13.3. The van der Waals surface area contributed by atoms with E-state index in [4.69, 9.17) is 16.6 Å². The summed E-state index contributed by atoms with van der Waals surface area (Å²) in [4.78, 5) is 22.4. The van der Waals surface area contributed by atoms with Gasteiger partial charge < -0.3 is 4.90 Å². The number of aromatic nitrogens is 1. The van der Waals surface area contributed by atoms with Crippen LogP contribution in [0.2, 0.25) is 5.02 Å². The molecule has 0 radical (unpaired) electrons. The second-order valence-corrected chi connectivity index (χ2v) is 11.5. The zero-order chi connectivity index (χ0) is 24.3. The Hall–Kier alpha value is -1.75. The maximum Gasteiger partial charge on any atom is 0.260 e. The Kier molecular flexibility index (Phi) is 9.88. The third-order valence-electron chi connectivity index (χ3n) is 5.53. The van der Waals surface area contributed by atoms with Crippen LogP contribution in [0.5, 0.6) is 0 Å². The summed E-state index contributed by atoms with van der Waals surface area (Å²) in [5.74, 6) is -0.223. The minimum atomic E-state index is -3.57. The number of carbonyl (C=O) groups is 1. The van der Waals surface area contributed by atoms with Gasteiger partial charge in [-0.2, -0.15) is 0 Å². The molecule has 11 heteroatoms. The molecule has 0 N–H and O–H groups in total. The lowest BCUT2D eigenvalue weighted by Crippen LogP contribution is -2.38. The van der Waals surface area contributed by atoms with Crippen LogP contribution in [0.4, 0.5) is 5.13 Å². The molecule has 1 amide bonds. The summed E-state index contributed by atoms with van der Waals surface area (Å²) in [5, 5.41) is 1.23. The largest absolute Gasteiger partial charge is 0.302 e. The Balaban J connectivity index is 0.00000408. The number of likely N-dealkylation sites (N-methyl/N-ethyl adjacent to an activating group) is 1. The van der Waals surface area contributed by atoms with Gasteiger partial charge in [-0.15, -0.1) is 12.4 Å². The van der Waals surface area contributed by atoms with Crippen LogP contribution in [-0.4, -0.2) is 68.8 Å². The van der Waals surface area contributed by atoms with Crippen molar-refractivity contribution in [2.24, 2.45) is 0 Å². The molecule has 0 bridgehead atoms. The van der Waals surface area contributed by atoms with Gasteiger partial charge in [-0.25, -0.2) is 17.7 Å². The number of nitrogens with zero attached hydrogens (tertiary/aromatic N) is 4. The molecule has 0 saturated carbocycles. The van der Waals surface area contributed by atoms with E-state index in [2.05, 4.69) is 18.7 Å². The van der Waals surface area contributed by atoms with Crippen molar-refractivity contribution < 1.29 is 13.2 Å². The van der Waals surface area contributed by atoms with Crippen molar-refractivity contribution in [2.45, 2.75) is 25.7 Å². The smallest absolute Gasteiger partial charge is 0.260 e. The second-order valence-electron chi connectivity index (χ2n) is 7.86. The summed E-state index contributed by atoms with van der Waals surface area (Å²) in [5.41, 5.74) is 2.18. The van der Waals surface area contributed by atoms with Crippen LogP contribution in [0.3, 0.4) is 0 Å². The van der Waals surface area contributed by atoms with Gasteiger partial charge in [0.15, 0.2) is 5.13 Å². The van der Waals surface area contributed by atoms with Crippen molar-refractivity contribution in [2.75, 3.05) is 45.2 Å². The van der Waals surface area contributed by atoms with Gasteiger partial charge in [0.2, 0.25) is 10.0 Å². The number of fused-ring (bicyclic) bond motifs is 1. The number of carbonyl (C=O) groups excluding carboxylic acids is 1. The maximum atomic E-state index is 13.5. The first kappa shape index (κ1) is 28.5. The molecule has 1 heterocycles. The number of halogens is 2. The Morgan fingerprint density at radius 1 is 1.06 bits per heavy atom. The second kappa shape index (κ2) is 11.8. The van der Waals surface area contributed by atoms with Crippen LogP contribution in [0.1, 0.15) is 29.8 Å². The molecule has 0 unspecified atom stereocenters. The fourth-order valence-electron chi connectivity index (χ4n) is 3.46. The standard InChI is InChI=1S/C23H29ClN4O3S2.ClH/c1-6-27(7-2)12-13-28(23-25-21-16(3)14-18(24)15-20(21)32-23)22(29)17-8-10-19(11-9-17)33(30,31)26(4)5;/h8-11,14-15H,6-7,12-13H2,1-5H3;1H. The topological polar surface area (TPSA) is 73.8 Å². The highest BCUT2D eigenvalue weighted by atomic mass is 35.5. The molecule has 1 aromatic heterocycles. The highest BCUT2D eigenvalue weighted by molar-refractivity contribution is 7.89. The number of hydrogen-bond donors (Lipinski definition) is 0. The predicted molar refractivity (Wildman–Crippen MR) is 143 cm³/mol. The summed E-state index contributed by atoms with van der Waals surface area (Å²) >= 11 is 7.65. The highest BCUT2D eigenvalue weighted by Crippen LogP contribution is 2.33. The van der Waals surface area contributed by atoms with Gasteiger partial charge in [0.05, 0.1) is 15.1 Å². The van der Waals surface area contributed by atoms with Crippen LogP contribution in [0.25, 0.3) is 10.2 Å². The first-order valence-electron chi connectivity index (χ1n) is 10.7. The molecule has 3 aromatic rings. The number of thiazole rings is 1. The van der Waals surface area contributed by atoms with Crippen LogP contribution < -0.4 is 4.90 Å². The van der Waals surface area contributed by atoms with E-state index < -0.39 is 10.0 Å². The molecule has 0 saturated heterocycles. The average molecular weight is 546 g/mol. The summed E-state index contributed by atoms with van der Waals surface area (Å²) in [6.45, 7) is 9.04. The Morgan fingerprint density at radius 2 is 1.68 bits per heavy atom. The van der Waals surface area contributed by atoms with Crippen molar-refractivity contribution in [3.63, 3.8) is 0 Å². The number of anilines is 1. The molecule has 3 rings (SSSR count). The molecular weight excluding hydrogens is 515 g/mol. The molecule has 2 aromatic carbocycles. The van der Waals surface area contributed by atoms with E-state index in [0.29, 0.717) is 28.8 Å². The first-order chi connectivity index (χ1) is 15.6. The lowest BCUT2D eigenvalue weighted by Gasteiger charge is -2.25. The molecule has 0 aliphatic carbocycles. The van der Waals surface area contributed by atoms with E-state index in [-0.39, 0.29) is 23.2 Å². The number of rotatable bonds is 9. The quantitative estimate of drug-likeness (QED) is 0.382. The van der Waals surface area contributed by atoms with Crippen LogP contribution in [-0.2, 0) is 10.0 Å². The van der Waals surface area contributed by atoms with Gasteiger partial charge in [0, 0.05) is 37.8 Å². The lowest BCUT2D eigenvalue weighted by molar-refractivity contribution is 0.0983. The highest BCUT2D eigenvalue weighted by Gasteiger charge is 2.24. The number of benzene rings is 2. The maximum absolute atomic E-state index is 13.5. The summed E-state index contributed by atoms with van der Waals surface area (Å²) in [6.07, 6.45) is 0. The van der Waals surface area contributed by atoms with E-state index in [1.807, 2.05) is 19.1 Å². The molecular formula is C23H30Cl2N4O3S2. The molecule has 34 heavy (non-hydrogen) atoms. The number of amides is 1. The number of sulfonamides is 1. The van der Waals surface area contributed by atoms with E-state index >= 15 is 0 Å². The normalized spacial score (nSPS) is 11.8. The lowest BCUT2D eigenvalue weighted by atomic mass is 10.2. The Labute approximate surface area is 216 Å². The van der Waals surface area contributed by atoms with E-state index in [9.17, 15) is 13.2 Å². The van der Waals surface area contributed by atoms with Crippen LogP contribution in [0, 0.1) is 6.92 Å².